The number of hydrogen-bond acceptors (Lipinski definition) is 5. The molecule has 0 radical (unpaired) electrons. The van der Waals surface area contributed by atoms with Crippen LogP contribution in [0.5, 0.6) is 11.5 Å². The van der Waals surface area contributed by atoms with E-state index in [4.69, 9.17) is 9.47 Å². The monoisotopic (exact) mass is 303 g/mol. The van der Waals surface area contributed by atoms with Gasteiger partial charge in [-0.15, -0.1) is 0 Å². The third-order valence-corrected chi connectivity index (χ3v) is 3.13. The quantitative estimate of drug-likeness (QED) is 0.673. The Hall–Kier alpha value is -3.09. The number of rotatable bonds is 5. The third-order valence-electron chi connectivity index (χ3n) is 3.13. The lowest BCUT2D eigenvalue weighted by atomic mass is 9.97. The number of carbonyl (C=O) groups is 1. The van der Waals surface area contributed by atoms with Crippen molar-refractivity contribution in [1.82, 2.24) is 0 Å². The van der Waals surface area contributed by atoms with Gasteiger partial charge >= 0.3 is 11.7 Å². The average Bonchev–Trinajstić information content (AvgIpc) is 2.52. The van der Waals surface area contributed by atoms with E-state index < -0.39 is 16.6 Å². The Morgan fingerprint density at radius 2 is 1.82 bits per heavy atom. The molecule has 0 aliphatic rings. The van der Waals surface area contributed by atoms with Crippen LogP contribution in [-0.2, 0) is 0 Å². The van der Waals surface area contributed by atoms with Crippen molar-refractivity contribution < 1.29 is 24.3 Å². The van der Waals surface area contributed by atoms with Crippen LogP contribution in [0.4, 0.5) is 5.69 Å². The van der Waals surface area contributed by atoms with Crippen LogP contribution in [0.1, 0.15) is 10.4 Å². The largest absolute Gasteiger partial charge is 0.490 e. The SMILES string of the molecule is COc1cc(-c2ccccc2)c(C(=O)O)c(OC)c1[N+](=O)[O-]. The molecule has 0 bridgehead atoms. The van der Waals surface area contributed by atoms with Gasteiger partial charge in [0.15, 0.2) is 0 Å². The number of methoxy groups -OCH3 is 2. The molecule has 0 saturated heterocycles. The molecule has 0 heterocycles. The normalized spacial score (nSPS) is 10.1. The van der Waals surface area contributed by atoms with Crippen LogP contribution in [0, 0.1) is 10.1 Å². The summed E-state index contributed by atoms with van der Waals surface area (Å²) in [5.41, 5.74) is 0.0853. The second-order valence-electron chi connectivity index (χ2n) is 4.31. The van der Waals surface area contributed by atoms with Gasteiger partial charge in [-0.3, -0.25) is 10.1 Å². The Balaban J connectivity index is 2.90. The number of carboxylic acid groups (broad SMARTS) is 1. The molecule has 2 aromatic carbocycles. The van der Waals surface area contributed by atoms with Gasteiger partial charge in [-0.1, -0.05) is 30.3 Å². The first-order chi connectivity index (χ1) is 10.5. The Morgan fingerprint density at radius 3 is 2.27 bits per heavy atom. The molecule has 0 aliphatic heterocycles. The lowest BCUT2D eigenvalue weighted by Gasteiger charge is -2.14. The van der Waals surface area contributed by atoms with Gasteiger partial charge in [-0.2, -0.15) is 0 Å². The summed E-state index contributed by atoms with van der Waals surface area (Å²) in [6.45, 7) is 0. The molecular weight excluding hydrogens is 290 g/mol. The molecule has 0 fully saturated rings. The molecule has 0 saturated carbocycles. The van der Waals surface area contributed by atoms with E-state index in [1.807, 2.05) is 0 Å². The second kappa shape index (κ2) is 6.13. The predicted octanol–water partition coefficient (Wildman–Crippen LogP) is 2.98. The first kappa shape index (κ1) is 15.3. The fourth-order valence-corrected chi connectivity index (χ4v) is 2.21. The molecule has 7 nitrogen and oxygen atoms in total. The van der Waals surface area contributed by atoms with Gasteiger partial charge in [-0.05, 0) is 11.6 Å². The van der Waals surface area contributed by atoms with Crippen LogP contribution in [0.2, 0.25) is 0 Å². The number of nitro benzene ring substituents is 1. The standard InChI is InChI=1S/C15H13NO6/c1-21-11-8-10(9-6-4-3-5-7-9)12(15(17)18)14(22-2)13(11)16(19)20/h3-8H,1-2H3,(H,17,18). The van der Waals surface area contributed by atoms with Crippen LogP contribution in [0.3, 0.4) is 0 Å². The molecular formula is C15H13NO6. The molecule has 114 valence electrons. The molecule has 0 atom stereocenters. The van der Waals surface area contributed by atoms with Gasteiger partial charge in [-0.25, -0.2) is 4.79 Å². The average molecular weight is 303 g/mol. The predicted molar refractivity (Wildman–Crippen MR) is 78.6 cm³/mol. The van der Waals surface area contributed by atoms with Gasteiger partial charge in [0.1, 0.15) is 5.56 Å². The topological polar surface area (TPSA) is 98.9 Å². The maximum Gasteiger partial charge on any atom is 0.353 e. The van der Waals surface area contributed by atoms with E-state index in [1.165, 1.54) is 20.3 Å². The summed E-state index contributed by atoms with van der Waals surface area (Å²) in [6.07, 6.45) is 0. The summed E-state index contributed by atoms with van der Waals surface area (Å²) >= 11 is 0. The Morgan fingerprint density at radius 1 is 1.18 bits per heavy atom. The second-order valence-corrected chi connectivity index (χ2v) is 4.31. The molecule has 0 unspecified atom stereocenters. The van der Waals surface area contributed by atoms with E-state index in [-0.39, 0.29) is 22.6 Å². The fourth-order valence-electron chi connectivity index (χ4n) is 2.21. The Bertz CT molecular complexity index is 727. The maximum absolute atomic E-state index is 11.6. The van der Waals surface area contributed by atoms with E-state index >= 15 is 0 Å². The summed E-state index contributed by atoms with van der Waals surface area (Å²) in [5.74, 6) is -1.72. The smallest absolute Gasteiger partial charge is 0.353 e. The van der Waals surface area contributed by atoms with Gasteiger partial charge in [0.05, 0.1) is 19.1 Å². The van der Waals surface area contributed by atoms with E-state index in [1.54, 1.807) is 30.3 Å². The Kier molecular flexibility index (Phi) is 4.26. The van der Waals surface area contributed by atoms with Crippen molar-refractivity contribution in [3.05, 3.63) is 52.1 Å². The van der Waals surface area contributed by atoms with Crippen molar-refractivity contribution in [3.63, 3.8) is 0 Å². The van der Waals surface area contributed by atoms with Crippen molar-refractivity contribution in [2.45, 2.75) is 0 Å². The van der Waals surface area contributed by atoms with Gasteiger partial charge in [0.25, 0.3) is 0 Å². The van der Waals surface area contributed by atoms with Crippen molar-refractivity contribution >= 4 is 11.7 Å². The van der Waals surface area contributed by atoms with Crippen molar-refractivity contribution in [2.75, 3.05) is 14.2 Å². The number of aromatic carboxylic acids is 1. The fraction of sp³-hybridized carbons (Fsp3) is 0.133. The molecule has 2 rings (SSSR count). The molecule has 7 heteroatoms. The summed E-state index contributed by atoms with van der Waals surface area (Å²) < 4.78 is 10.0. The lowest BCUT2D eigenvalue weighted by Crippen LogP contribution is -2.07. The molecule has 0 aliphatic carbocycles. The van der Waals surface area contributed by atoms with Crippen LogP contribution >= 0.6 is 0 Å². The Labute approximate surface area is 125 Å². The summed E-state index contributed by atoms with van der Waals surface area (Å²) in [7, 11) is 2.46. The maximum atomic E-state index is 11.6. The van der Waals surface area contributed by atoms with E-state index in [2.05, 4.69) is 0 Å². The van der Waals surface area contributed by atoms with Crippen LogP contribution in [-0.4, -0.2) is 30.2 Å². The summed E-state index contributed by atoms with van der Waals surface area (Å²) in [6, 6.07) is 9.99. The number of carboxylic acids is 1. The highest BCUT2D eigenvalue weighted by molar-refractivity contribution is 6.01. The van der Waals surface area contributed by atoms with Gasteiger partial charge < -0.3 is 14.6 Å². The number of ether oxygens (including phenoxy) is 2. The zero-order valence-corrected chi connectivity index (χ0v) is 11.9. The minimum absolute atomic E-state index is 0.0642. The van der Waals surface area contributed by atoms with Crippen LogP contribution < -0.4 is 9.47 Å². The van der Waals surface area contributed by atoms with Gasteiger partial charge in [0.2, 0.25) is 11.5 Å². The zero-order chi connectivity index (χ0) is 16.3. The van der Waals surface area contributed by atoms with E-state index in [9.17, 15) is 20.0 Å². The highest BCUT2D eigenvalue weighted by Gasteiger charge is 2.31. The first-order valence-electron chi connectivity index (χ1n) is 6.23. The van der Waals surface area contributed by atoms with Crippen molar-refractivity contribution in [2.24, 2.45) is 0 Å². The van der Waals surface area contributed by atoms with Crippen molar-refractivity contribution in [1.29, 1.82) is 0 Å². The molecule has 2 aromatic rings. The number of nitrogens with zero attached hydrogens (tertiary/aromatic N) is 1. The van der Waals surface area contributed by atoms with Gasteiger partial charge in [0, 0.05) is 5.56 Å². The molecule has 0 aromatic heterocycles. The minimum atomic E-state index is -1.32. The van der Waals surface area contributed by atoms with Crippen LogP contribution in [0.15, 0.2) is 36.4 Å². The highest BCUT2D eigenvalue weighted by Crippen LogP contribution is 2.44. The third kappa shape index (κ3) is 2.56. The number of hydrogen-bond donors (Lipinski definition) is 1. The van der Waals surface area contributed by atoms with E-state index in [0.717, 1.165) is 0 Å². The van der Waals surface area contributed by atoms with E-state index in [0.29, 0.717) is 5.56 Å². The summed E-state index contributed by atoms with van der Waals surface area (Å²) in [5, 5.41) is 20.7. The lowest BCUT2D eigenvalue weighted by molar-refractivity contribution is -0.386. The first-order valence-corrected chi connectivity index (χ1v) is 6.23. The minimum Gasteiger partial charge on any atom is -0.490 e. The molecule has 0 spiro atoms. The highest BCUT2D eigenvalue weighted by atomic mass is 16.6. The summed E-state index contributed by atoms with van der Waals surface area (Å²) in [4.78, 5) is 22.1. The van der Waals surface area contributed by atoms with Crippen molar-refractivity contribution in [3.8, 4) is 22.6 Å². The molecule has 1 N–H and O–H groups in total. The number of nitro groups is 1. The molecule has 0 amide bonds. The molecule has 22 heavy (non-hydrogen) atoms. The van der Waals surface area contributed by atoms with Crippen LogP contribution in [0.25, 0.3) is 11.1 Å². The number of benzene rings is 2. The zero-order valence-electron chi connectivity index (χ0n) is 11.9.